The Labute approximate surface area is 193 Å². The van der Waals surface area contributed by atoms with Crippen LogP contribution in [0.15, 0.2) is 42.5 Å². The van der Waals surface area contributed by atoms with Gasteiger partial charge in [-0.05, 0) is 68.9 Å². The van der Waals surface area contributed by atoms with Gasteiger partial charge in [-0.2, -0.15) is 0 Å². The number of rotatable bonds is 5. The van der Waals surface area contributed by atoms with Crippen molar-refractivity contribution in [3.63, 3.8) is 0 Å². The van der Waals surface area contributed by atoms with Gasteiger partial charge in [0.2, 0.25) is 11.8 Å². The maximum absolute atomic E-state index is 13.0. The van der Waals surface area contributed by atoms with Crippen molar-refractivity contribution in [2.75, 3.05) is 16.8 Å². The van der Waals surface area contributed by atoms with Crippen LogP contribution in [0.25, 0.3) is 0 Å². The molecule has 2 fully saturated rings. The molecule has 1 saturated carbocycles. The maximum atomic E-state index is 13.0. The van der Waals surface area contributed by atoms with Gasteiger partial charge in [0.25, 0.3) is 5.91 Å². The van der Waals surface area contributed by atoms with E-state index < -0.39 is 18.5 Å². The highest BCUT2D eigenvalue weighted by atomic mass is 16.5. The van der Waals surface area contributed by atoms with Gasteiger partial charge in [-0.25, -0.2) is 4.79 Å². The van der Waals surface area contributed by atoms with Gasteiger partial charge in [0.1, 0.15) is 0 Å². The summed E-state index contributed by atoms with van der Waals surface area (Å²) in [4.78, 5) is 51.8. The predicted molar refractivity (Wildman–Crippen MR) is 124 cm³/mol. The Balaban J connectivity index is 1.41. The molecule has 0 radical (unpaired) electrons. The van der Waals surface area contributed by atoms with E-state index in [-0.39, 0.29) is 29.2 Å². The van der Waals surface area contributed by atoms with E-state index >= 15 is 0 Å². The van der Waals surface area contributed by atoms with Crippen LogP contribution in [0.4, 0.5) is 11.4 Å². The van der Waals surface area contributed by atoms with Crippen LogP contribution in [-0.4, -0.2) is 30.3 Å². The zero-order chi connectivity index (χ0) is 23.7. The lowest BCUT2D eigenvalue weighted by atomic mass is 9.76. The molecule has 1 saturated heterocycles. The summed E-state index contributed by atoms with van der Waals surface area (Å²) in [5.41, 5.74) is 3.19. The van der Waals surface area contributed by atoms with E-state index in [2.05, 4.69) is 12.2 Å². The number of aryl methyl sites for hydroxylation is 2. The maximum Gasteiger partial charge on any atom is 0.338 e. The standard InChI is InChI=1S/C26H28N2O5/c1-15-8-10-22(17(3)11-15)27-23(29)14-33-26(32)18-5-4-6-19(13-18)28-24(30)20-9-7-16(2)12-21(20)25(28)31/h4-6,8,10-11,13,16,20-21H,7,9,12,14H2,1-3H3,(H,27,29)/t16-,20+,21+/m0/s1. The van der Waals surface area contributed by atoms with Gasteiger partial charge in [0.05, 0.1) is 23.1 Å². The van der Waals surface area contributed by atoms with Crippen molar-refractivity contribution in [2.45, 2.75) is 40.0 Å². The highest BCUT2D eigenvalue weighted by molar-refractivity contribution is 6.22. The van der Waals surface area contributed by atoms with E-state index in [0.29, 0.717) is 30.1 Å². The monoisotopic (exact) mass is 448 g/mol. The second-order valence-electron chi connectivity index (χ2n) is 9.14. The summed E-state index contributed by atoms with van der Waals surface area (Å²) in [6, 6.07) is 11.9. The third-order valence-electron chi connectivity index (χ3n) is 6.52. The molecule has 3 amide bonds. The molecule has 2 aromatic rings. The molecule has 1 aliphatic heterocycles. The SMILES string of the molecule is Cc1ccc(NC(=O)COC(=O)c2cccc(N3C(=O)[C@@H]4CC[C@H](C)C[C@H]4C3=O)c2)c(C)c1. The Morgan fingerprint density at radius 3 is 2.55 bits per heavy atom. The largest absolute Gasteiger partial charge is 0.452 e. The molecular formula is C26H28N2O5. The van der Waals surface area contributed by atoms with Crippen molar-refractivity contribution in [1.82, 2.24) is 0 Å². The van der Waals surface area contributed by atoms with Gasteiger partial charge in [-0.3, -0.25) is 19.3 Å². The third kappa shape index (κ3) is 4.67. The number of amides is 3. The molecule has 3 atom stereocenters. The molecule has 0 spiro atoms. The molecule has 0 aromatic heterocycles. The van der Waals surface area contributed by atoms with E-state index in [0.717, 1.165) is 17.5 Å². The van der Waals surface area contributed by atoms with Crippen molar-refractivity contribution in [3.8, 4) is 0 Å². The molecule has 0 unspecified atom stereocenters. The molecule has 172 valence electrons. The normalized spacial score (nSPS) is 22.2. The average Bonchev–Trinajstić information content (AvgIpc) is 3.03. The smallest absolute Gasteiger partial charge is 0.338 e. The van der Waals surface area contributed by atoms with Gasteiger partial charge >= 0.3 is 5.97 Å². The Hall–Kier alpha value is -3.48. The first-order valence-electron chi connectivity index (χ1n) is 11.3. The second kappa shape index (κ2) is 9.17. The highest BCUT2D eigenvalue weighted by Crippen LogP contribution is 2.42. The minimum Gasteiger partial charge on any atom is -0.452 e. The number of carbonyl (C=O) groups is 4. The topological polar surface area (TPSA) is 92.8 Å². The number of nitrogens with zero attached hydrogens (tertiary/aromatic N) is 1. The van der Waals surface area contributed by atoms with Crippen LogP contribution < -0.4 is 10.2 Å². The molecule has 7 heteroatoms. The molecular weight excluding hydrogens is 420 g/mol. The third-order valence-corrected chi connectivity index (χ3v) is 6.52. The molecule has 7 nitrogen and oxygen atoms in total. The first-order valence-corrected chi connectivity index (χ1v) is 11.3. The number of carbonyl (C=O) groups excluding carboxylic acids is 4. The quantitative estimate of drug-likeness (QED) is 0.551. The van der Waals surface area contributed by atoms with E-state index in [1.54, 1.807) is 18.2 Å². The fraction of sp³-hybridized carbons (Fsp3) is 0.385. The van der Waals surface area contributed by atoms with Crippen molar-refractivity contribution in [3.05, 3.63) is 59.2 Å². The van der Waals surface area contributed by atoms with E-state index in [4.69, 9.17) is 4.74 Å². The van der Waals surface area contributed by atoms with Gasteiger partial charge in [-0.1, -0.05) is 30.7 Å². The minimum absolute atomic E-state index is 0.177. The number of fused-ring (bicyclic) bond motifs is 1. The van der Waals surface area contributed by atoms with Crippen LogP contribution in [0.2, 0.25) is 0 Å². The fourth-order valence-electron chi connectivity index (χ4n) is 4.77. The Kier molecular flexibility index (Phi) is 6.31. The summed E-state index contributed by atoms with van der Waals surface area (Å²) >= 11 is 0. The number of benzene rings is 2. The lowest BCUT2D eigenvalue weighted by Crippen LogP contribution is -2.31. The van der Waals surface area contributed by atoms with Crippen LogP contribution >= 0.6 is 0 Å². The van der Waals surface area contributed by atoms with Crippen LogP contribution in [0.3, 0.4) is 0 Å². The number of esters is 1. The number of hydrogen-bond acceptors (Lipinski definition) is 5. The Morgan fingerprint density at radius 2 is 1.79 bits per heavy atom. The summed E-state index contributed by atoms with van der Waals surface area (Å²) in [7, 11) is 0. The van der Waals surface area contributed by atoms with Gasteiger partial charge < -0.3 is 10.1 Å². The summed E-state index contributed by atoms with van der Waals surface area (Å²) in [6.07, 6.45) is 2.36. The number of nitrogens with one attached hydrogen (secondary N) is 1. The minimum atomic E-state index is -0.697. The second-order valence-corrected chi connectivity index (χ2v) is 9.14. The molecule has 0 bridgehead atoms. The average molecular weight is 449 g/mol. The number of hydrogen-bond donors (Lipinski definition) is 1. The van der Waals surface area contributed by atoms with E-state index in [1.165, 1.54) is 17.0 Å². The molecule has 33 heavy (non-hydrogen) atoms. The first kappa shape index (κ1) is 22.7. The van der Waals surface area contributed by atoms with Crippen molar-refractivity contribution >= 4 is 35.1 Å². The molecule has 2 aromatic carbocycles. The van der Waals surface area contributed by atoms with Crippen LogP contribution in [0.5, 0.6) is 0 Å². The van der Waals surface area contributed by atoms with Gasteiger partial charge in [-0.15, -0.1) is 0 Å². The van der Waals surface area contributed by atoms with E-state index in [9.17, 15) is 19.2 Å². The molecule has 1 aliphatic carbocycles. The predicted octanol–water partition coefficient (Wildman–Crippen LogP) is 4.02. The lowest BCUT2D eigenvalue weighted by molar-refractivity contribution is -0.122. The Morgan fingerprint density at radius 1 is 1.03 bits per heavy atom. The van der Waals surface area contributed by atoms with Crippen molar-refractivity contribution < 1.29 is 23.9 Å². The van der Waals surface area contributed by atoms with E-state index in [1.807, 2.05) is 26.0 Å². The highest BCUT2D eigenvalue weighted by Gasteiger charge is 2.50. The zero-order valence-corrected chi connectivity index (χ0v) is 19.1. The summed E-state index contributed by atoms with van der Waals surface area (Å²) in [6.45, 7) is 5.51. The fourth-order valence-corrected chi connectivity index (χ4v) is 4.77. The molecule has 4 rings (SSSR count). The number of anilines is 2. The summed E-state index contributed by atoms with van der Waals surface area (Å²) in [5, 5.41) is 2.73. The number of imide groups is 1. The Bertz CT molecular complexity index is 1130. The molecule has 1 N–H and O–H groups in total. The van der Waals surface area contributed by atoms with Crippen LogP contribution in [0, 0.1) is 31.6 Å². The molecule has 2 aliphatic rings. The lowest BCUT2D eigenvalue weighted by Gasteiger charge is -2.25. The van der Waals surface area contributed by atoms with Crippen LogP contribution in [-0.2, 0) is 19.1 Å². The van der Waals surface area contributed by atoms with Gasteiger partial charge in [0, 0.05) is 5.69 Å². The van der Waals surface area contributed by atoms with Crippen molar-refractivity contribution in [1.29, 1.82) is 0 Å². The van der Waals surface area contributed by atoms with Crippen molar-refractivity contribution in [2.24, 2.45) is 17.8 Å². The van der Waals surface area contributed by atoms with Crippen LogP contribution in [0.1, 0.15) is 47.7 Å². The summed E-state index contributed by atoms with van der Waals surface area (Å²) in [5.74, 6) is -1.69. The summed E-state index contributed by atoms with van der Waals surface area (Å²) < 4.78 is 5.17. The van der Waals surface area contributed by atoms with Gasteiger partial charge in [0.15, 0.2) is 6.61 Å². The molecule has 1 heterocycles. The number of ether oxygens (including phenoxy) is 1. The first-order chi connectivity index (χ1) is 15.7. The zero-order valence-electron chi connectivity index (χ0n) is 19.1.